The van der Waals surface area contributed by atoms with Gasteiger partial charge in [-0.05, 0) is 56.1 Å². The molecule has 1 aromatic carbocycles. The lowest BCUT2D eigenvalue weighted by Gasteiger charge is -2.00. The van der Waals surface area contributed by atoms with Crippen LogP contribution in [0.15, 0.2) is 37.8 Å². The van der Waals surface area contributed by atoms with Crippen LogP contribution in [-0.2, 0) is 7.05 Å². The summed E-state index contributed by atoms with van der Waals surface area (Å²) < 4.78 is 22.5. The molecule has 0 atom stereocenters. The minimum atomic E-state index is -0.418. The Bertz CT molecular complexity index is 831. The maximum atomic E-state index is 13.3. The summed E-state index contributed by atoms with van der Waals surface area (Å²) in [7, 11) is 1.85. The van der Waals surface area contributed by atoms with Crippen molar-refractivity contribution in [1.82, 2.24) is 14.8 Å². The summed E-state index contributed by atoms with van der Waals surface area (Å²) >= 11 is 12.9. The molecule has 2 aromatic heterocycles. The van der Waals surface area contributed by atoms with E-state index in [1.54, 1.807) is 0 Å². The van der Waals surface area contributed by atoms with Gasteiger partial charge in [0.15, 0.2) is 0 Å². The molecule has 2 heterocycles. The van der Waals surface area contributed by atoms with Gasteiger partial charge in [0.25, 0.3) is 5.89 Å². The van der Waals surface area contributed by atoms with E-state index in [2.05, 4.69) is 42.1 Å². The Morgan fingerprint density at radius 1 is 1.19 bits per heavy atom. The van der Waals surface area contributed by atoms with E-state index >= 15 is 0 Å². The summed E-state index contributed by atoms with van der Waals surface area (Å²) in [6.45, 7) is 0. The average Bonchev–Trinajstić information content (AvgIpc) is 3.03. The first kappa shape index (κ1) is 14.7. The molecule has 0 aliphatic rings. The van der Waals surface area contributed by atoms with Crippen molar-refractivity contribution >= 4 is 43.5 Å². The third kappa shape index (κ3) is 2.65. The standard InChI is InChI=1S/C13H7Br2ClFN3O/c1-20-10(5-8(14)11(20)15)13-19-18-12(21-13)7-4-6(17)2-3-9(7)16/h2-5H,1H3. The van der Waals surface area contributed by atoms with Gasteiger partial charge in [0, 0.05) is 7.05 Å². The van der Waals surface area contributed by atoms with Gasteiger partial charge in [0.05, 0.1) is 19.7 Å². The number of hydrogen-bond donors (Lipinski definition) is 0. The zero-order valence-corrected chi connectivity index (χ0v) is 14.5. The second-order valence-corrected chi connectivity index (χ2v) is 6.28. The van der Waals surface area contributed by atoms with E-state index in [4.69, 9.17) is 16.0 Å². The van der Waals surface area contributed by atoms with Crippen molar-refractivity contribution < 1.29 is 8.81 Å². The first-order chi connectivity index (χ1) is 9.97. The van der Waals surface area contributed by atoms with Gasteiger partial charge in [-0.3, -0.25) is 0 Å². The first-order valence-electron chi connectivity index (χ1n) is 5.77. The van der Waals surface area contributed by atoms with Crippen molar-refractivity contribution in [3.05, 3.63) is 44.2 Å². The molecule has 0 saturated heterocycles. The van der Waals surface area contributed by atoms with Crippen LogP contribution < -0.4 is 0 Å². The van der Waals surface area contributed by atoms with Crippen molar-refractivity contribution in [1.29, 1.82) is 0 Å². The monoisotopic (exact) mass is 433 g/mol. The van der Waals surface area contributed by atoms with Crippen LogP contribution in [0.1, 0.15) is 0 Å². The molecule has 0 N–H and O–H groups in total. The molecule has 0 saturated carbocycles. The zero-order chi connectivity index (χ0) is 15.1. The predicted octanol–water partition coefficient (Wildman–Crippen LogP) is 5.06. The lowest BCUT2D eigenvalue weighted by Crippen LogP contribution is -1.91. The van der Waals surface area contributed by atoms with E-state index in [0.717, 1.165) is 14.8 Å². The molecule has 8 heteroatoms. The van der Waals surface area contributed by atoms with Crippen LogP contribution in [0, 0.1) is 5.82 Å². The van der Waals surface area contributed by atoms with Gasteiger partial charge in [-0.25, -0.2) is 4.39 Å². The molecule has 3 aromatic rings. The molecule has 0 aliphatic carbocycles. The third-order valence-electron chi connectivity index (χ3n) is 2.92. The number of halogens is 4. The second kappa shape index (κ2) is 5.55. The van der Waals surface area contributed by atoms with E-state index in [1.165, 1.54) is 18.2 Å². The van der Waals surface area contributed by atoms with Gasteiger partial charge in [-0.15, -0.1) is 10.2 Å². The van der Waals surface area contributed by atoms with Crippen LogP contribution in [-0.4, -0.2) is 14.8 Å². The highest BCUT2D eigenvalue weighted by Crippen LogP contribution is 2.34. The van der Waals surface area contributed by atoms with E-state index in [1.807, 2.05) is 17.7 Å². The zero-order valence-electron chi connectivity index (χ0n) is 10.6. The van der Waals surface area contributed by atoms with Gasteiger partial charge in [-0.1, -0.05) is 11.6 Å². The van der Waals surface area contributed by atoms with Gasteiger partial charge in [-0.2, -0.15) is 0 Å². The van der Waals surface area contributed by atoms with Gasteiger partial charge in [0.2, 0.25) is 5.89 Å². The largest absolute Gasteiger partial charge is 0.415 e. The first-order valence-corrected chi connectivity index (χ1v) is 7.74. The highest BCUT2D eigenvalue weighted by molar-refractivity contribution is 9.13. The van der Waals surface area contributed by atoms with Crippen LogP contribution in [0.25, 0.3) is 23.0 Å². The molecule has 0 fully saturated rings. The van der Waals surface area contributed by atoms with Gasteiger partial charge in [0.1, 0.15) is 11.5 Å². The Balaban J connectivity index is 2.08. The van der Waals surface area contributed by atoms with Crippen molar-refractivity contribution in [2.24, 2.45) is 7.05 Å². The van der Waals surface area contributed by atoms with Gasteiger partial charge < -0.3 is 8.98 Å². The van der Waals surface area contributed by atoms with Crippen LogP contribution >= 0.6 is 43.5 Å². The maximum absolute atomic E-state index is 13.3. The van der Waals surface area contributed by atoms with Crippen molar-refractivity contribution in [3.63, 3.8) is 0 Å². The van der Waals surface area contributed by atoms with Crippen molar-refractivity contribution in [2.45, 2.75) is 0 Å². The molecule has 0 bridgehead atoms. The lowest BCUT2D eigenvalue weighted by atomic mass is 10.2. The Morgan fingerprint density at radius 2 is 1.90 bits per heavy atom. The highest BCUT2D eigenvalue weighted by Gasteiger charge is 2.18. The summed E-state index contributed by atoms with van der Waals surface area (Å²) in [6.07, 6.45) is 0. The molecular formula is C13H7Br2ClFN3O. The minimum Gasteiger partial charge on any atom is -0.415 e. The fourth-order valence-electron chi connectivity index (χ4n) is 1.84. The van der Waals surface area contributed by atoms with E-state index in [9.17, 15) is 4.39 Å². The number of aromatic nitrogens is 3. The molecule has 0 amide bonds. The molecule has 0 unspecified atom stereocenters. The Hall–Kier alpha value is -1.18. The van der Waals surface area contributed by atoms with Crippen LogP contribution in [0.5, 0.6) is 0 Å². The SMILES string of the molecule is Cn1c(-c2nnc(-c3cc(F)ccc3Cl)o2)cc(Br)c1Br. The molecular weight excluding hydrogens is 428 g/mol. The number of rotatable bonds is 2. The molecule has 4 nitrogen and oxygen atoms in total. The van der Waals surface area contributed by atoms with E-state index in [-0.39, 0.29) is 5.89 Å². The number of benzene rings is 1. The Kier molecular flexibility index (Phi) is 3.90. The highest BCUT2D eigenvalue weighted by atomic mass is 79.9. The average molecular weight is 435 g/mol. The second-order valence-electron chi connectivity index (χ2n) is 4.26. The Labute approximate surface area is 141 Å². The smallest absolute Gasteiger partial charge is 0.264 e. The summed E-state index contributed by atoms with van der Waals surface area (Å²) in [5, 5.41) is 8.27. The lowest BCUT2D eigenvalue weighted by molar-refractivity contribution is 0.576. The van der Waals surface area contributed by atoms with Crippen molar-refractivity contribution in [3.8, 4) is 23.0 Å². The fraction of sp³-hybridized carbons (Fsp3) is 0.0769. The molecule has 0 radical (unpaired) electrons. The summed E-state index contributed by atoms with van der Waals surface area (Å²) in [4.78, 5) is 0. The van der Waals surface area contributed by atoms with E-state index < -0.39 is 5.82 Å². The summed E-state index contributed by atoms with van der Waals surface area (Å²) in [5.41, 5.74) is 1.09. The normalized spacial score (nSPS) is 11.1. The number of hydrogen-bond acceptors (Lipinski definition) is 3. The summed E-state index contributed by atoms with van der Waals surface area (Å²) in [6, 6.07) is 5.82. The Morgan fingerprint density at radius 3 is 2.57 bits per heavy atom. The number of nitrogens with zero attached hydrogens (tertiary/aromatic N) is 3. The molecule has 21 heavy (non-hydrogen) atoms. The van der Waals surface area contributed by atoms with Crippen LogP contribution in [0.3, 0.4) is 0 Å². The predicted molar refractivity (Wildman–Crippen MR) is 84.5 cm³/mol. The molecule has 3 rings (SSSR count). The quantitative estimate of drug-likeness (QED) is 0.565. The molecule has 0 spiro atoms. The van der Waals surface area contributed by atoms with E-state index in [0.29, 0.717) is 16.5 Å². The fourth-order valence-corrected chi connectivity index (χ4v) is 2.83. The van der Waals surface area contributed by atoms with Crippen LogP contribution in [0.2, 0.25) is 5.02 Å². The van der Waals surface area contributed by atoms with Crippen molar-refractivity contribution in [2.75, 3.05) is 0 Å². The minimum absolute atomic E-state index is 0.169. The maximum Gasteiger partial charge on any atom is 0.264 e. The van der Waals surface area contributed by atoms with Crippen LogP contribution in [0.4, 0.5) is 4.39 Å². The van der Waals surface area contributed by atoms with Gasteiger partial charge >= 0.3 is 0 Å². The molecule has 108 valence electrons. The third-order valence-corrected chi connectivity index (χ3v) is 5.34. The molecule has 0 aliphatic heterocycles. The topological polar surface area (TPSA) is 43.9 Å². The summed E-state index contributed by atoms with van der Waals surface area (Å²) in [5.74, 6) is 0.0701.